The number of methoxy groups -OCH3 is 1. The second kappa shape index (κ2) is 7.56. The van der Waals surface area contributed by atoms with Gasteiger partial charge in [-0.25, -0.2) is 4.98 Å². The van der Waals surface area contributed by atoms with Gasteiger partial charge in [0.05, 0.1) is 41.4 Å². The minimum Gasteiger partial charge on any atom is -0.375 e. The molecule has 154 valence electrons. The van der Waals surface area contributed by atoms with Crippen molar-refractivity contribution in [1.29, 1.82) is 5.26 Å². The van der Waals surface area contributed by atoms with Gasteiger partial charge >= 0.3 is 6.18 Å². The number of imidazole rings is 1. The van der Waals surface area contributed by atoms with Crippen molar-refractivity contribution in [2.75, 3.05) is 19.1 Å². The van der Waals surface area contributed by atoms with E-state index >= 15 is 0 Å². The lowest BCUT2D eigenvalue weighted by Crippen LogP contribution is -2.47. The predicted molar refractivity (Wildman–Crippen MR) is 104 cm³/mol. The Hall–Kier alpha value is -2.79. The number of anilines is 1. The van der Waals surface area contributed by atoms with E-state index in [0.29, 0.717) is 12.1 Å². The van der Waals surface area contributed by atoms with E-state index in [9.17, 15) is 13.2 Å². The summed E-state index contributed by atoms with van der Waals surface area (Å²) in [6.45, 7) is 4.13. The third kappa shape index (κ3) is 4.01. The third-order valence-corrected chi connectivity index (χ3v) is 5.51. The Morgan fingerprint density at radius 2 is 2.07 bits per heavy atom. The van der Waals surface area contributed by atoms with Crippen molar-refractivity contribution in [2.24, 2.45) is 5.41 Å². The standard InChI is InChI=1S/C21H23F3N4O/c1-20(2)11-18(29-4)17(28-8-7-26-13-28)10-19(20)27(3)15-6-5-14(12-25)16(9-15)21(22,23)24/h5-10,13,18-19H,11H2,1-4H3/t18-,19-/m1/s1. The van der Waals surface area contributed by atoms with Gasteiger partial charge in [0.1, 0.15) is 0 Å². The van der Waals surface area contributed by atoms with Gasteiger partial charge in [-0.15, -0.1) is 0 Å². The minimum atomic E-state index is -4.59. The Kier molecular flexibility index (Phi) is 5.46. The molecule has 0 amide bonds. The average molecular weight is 404 g/mol. The number of hydrogen-bond donors (Lipinski definition) is 0. The highest BCUT2D eigenvalue weighted by atomic mass is 19.4. The van der Waals surface area contributed by atoms with Crippen LogP contribution in [0, 0.1) is 16.7 Å². The van der Waals surface area contributed by atoms with Crippen LogP contribution in [-0.2, 0) is 10.9 Å². The van der Waals surface area contributed by atoms with E-state index in [1.165, 1.54) is 6.07 Å². The van der Waals surface area contributed by atoms with Crippen LogP contribution in [0.3, 0.4) is 0 Å². The van der Waals surface area contributed by atoms with Crippen molar-refractivity contribution in [3.63, 3.8) is 0 Å². The van der Waals surface area contributed by atoms with Gasteiger partial charge < -0.3 is 14.2 Å². The molecule has 0 spiro atoms. The van der Waals surface area contributed by atoms with E-state index < -0.39 is 11.7 Å². The Morgan fingerprint density at radius 1 is 1.34 bits per heavy atom. The quantitative estimate of drug-likeness (QED) is 0.749. The van der Waals surface area contributed by atoms with Crippen molar-refractivity contribution >= 4 is 11.4 Å². The molecule has 0 fully saturated rings. The van der Waals surface area contributed by atoms with E-state index in [2.05, 4.69) is 18.8 Å². The number of nitrogens with zero attached hydrogens (tertiary/aromatic N) is 4. The largest absolute Gasteiger partial charge is 0.417 e. The zero-order valence-electron chi connectivity index (χ0n) is 16.7. The molecule has 1 aliphatic carbocycles. The van der Waals surface area contributed by atoms with Gasteiger partial charge in [0.2, 0.25) is 0 Å². The van der Waals surface area contributed by atoms with Crippen LogP contribution in [0.25, 0.3) is 5.70 Å². The average Bonchev–Trinajstić information content (AvgIpc) is 3.19. The molecule has 0 N–H and O–H groups in total. The molecule has 0 unspecified atom stereocenters. The number of benzene rings is 1. The molecule has 0 bridgehead atoms. The lowest BCUT2D eigenvalue weighted by Gasteiger charge is -2.45. The first-order chi connectivity index (χ1) is 13.6. The fourth-order valence-corrected chi connectivity index (χ4v) is 3.95. The summed E-state index contributed by atoms with van der Waals surface area (Å²) in [5.41, 5.74) is -0.290. The molecule has 1 aromatic carbocycles. The molecule has 2 atom stereocenters. The monoisotopic (exact) mass is 404 g/mol. The smallest absolute Gasteiger partial charge is 0.375 e. The molecule has 2 aromatic rings. The van der Waals surface area contributed by atoms with E-state index in [0.717, 1.165) is 11.8 Å². The Bertz CT molecular complexity index is 942. The summed E-state index contributed by atoms with van der Waals surface area (Å²) in [6.07, 6.45) is 3.12. The molecule has 0 radical (unpaired) electrons. The molecule has 0 aliphatic heterocycles. The first-order valence-corrected chi connectivity index (χ1v) is 9.15. The van der Waals surface area contributed by atoms with Crippen LogP contribution < -0.4 is 4.90 Å². The van der Waals surface area contributed by atoms with Crippen LogP contribution >= 0.6 is 0 Å². The summed E-state index contributed by atoms with van der Waals surface area (Å²) < 4.78 is 47.8. The molecular weight excluding hydrogens is 381 g/mol. The van der Waals surface area contributed by atoms with E-state index in [1.54, 1.807) is 38.8 Å². The van der Waals surface area contributed by atoms with Crippen molar-refractivity contribution in [1.82, 2.24) is 9.55 Å². The first kappa shape index (κ1) is 20.9. The van der Waals surface area contributed by atoms with E-state index in [1.807, 2.05) is 21.7 Å². The van der Waals surface area contributed by atoms with Crippen LogP contribution in [-0.4, -0.2) is 35.9 Å². The van der Waals surface area contributed by atoms with E-state index in [-0.39, 0.29) is 23.1 Å². The number of alkyl halides is 3. The molecule has 5 nitrogen and oxygen atoms in total. The maximum absolute atomic E-state index is 13.4. The van der Waals surface area contributed by atoms with Gasteiger partial charge in [0, 0.05) is 32.2 Å². The predicted octanol–water partition coefficient (Wildman–Crippen LogP) is 4.56. The summed E-state index contributed by atoms with van der Waals surface area (Å²) in [5.74, 6) is 0. The molecule has 0 saturated carbocycles. The lowest BCUT2D eigenvalue weighted by molar-refractivity contribution is -0.137. The number of likely N-dealkylation sites (N-methyl/N-ethyl adjacent to an activating group) is 1. The Morgan fingerprint density at radius 3 is 2.62 bits per heavy atom. The number of hydrogen-bond acceptors (Lipinski definition) is 4. The van der Waals surface area contributed by atoms with Gasteiger partial charge in [0.25, 0.3) is 0 Å². The minimum absolute atomic E-state index is 0.157. The number of ether oxygens (including phenoxy) is 1. The zero-order chi connectivity index (χ0) is 21.4. The summed E-state index contributed by atoms with van der Waals surface area (Å²) >= 11 is 0. The summed E-state index contributed by atoms with van der Waals surface area (Å²) in [4.78, 5) is 5.90. The number of rotatable bonds is 4. The molecule has 0 saturated heterocycles. The third-order valence-electron chi connectivity index (χ3n) is 5.51. The summed E-state index contributed by atoms with van der Waals surface area (Å²) in [6, 6.07) is 5.25. The maximum Gasteiger partial charge on any atom is 0.417 e. The fourth-order valence-electron chi connectivity index (χ4n) is 3.95. The van der Waals surface area contributed by atoms with E-state index in [4.69, 9.17) is 10.00 Å². The fraction of sp³-hybridized carbons (Fsp3) is 0.429. The second-order valence-electron chi connectivity index (χ2n) is 7.87. The Balaban J connectivity index is 2.06. The van der Waals surface area contributed by atoms with Crippen molar-refractivity contribution in [2.45, 2.75) is 38.6 Å². The van der Waals surface area contributed by atoms with Gasteiger partial charge in [-0.3, -0.25) is 0 Å². The highest BCUT2D eigenvalue weighted by molar-refractivity contribution is 5.60. The van der Waals surface area contributed by atoms with Crippen LogP contribution in [0.2, 0.25) is 0 Å². The molecule has 8 heteroatoms. The van der Waals surface area contributed by atoms with Crippen LogP contribution in [0.15, 0.2) is 43.0 Å². The first-order valence-electron chi connectivity index (χ1n) is 9.15. The van der Waals surface area contributed by atoms with Crippen molar-refractivity contribution in [3.05, 3.63) is 54.1 Å². The number of nitriles is 1. The summed E-state index contributed by atoms with van der Waals surface area (Å²) in [7, 11) is 3.41. The van der Waals surface area contributed by atoms with Crippen molar-refractivity contribution < 1.29 is 17.9 Å². The van der Waals surface area contributed by atoms with Gasteiger partial charge in [-0.05, 0) is 36.1 Å². The summed E-state index contributed by atoms with van der Waals surface area (Å²) in [5, 5.41) is 9.04. The maximum atomic E-state index is 13.4. The molecule has 29 heavy (non-hydrogen) atoms. The molecule has 1 heterocycles. The second-order valence-corrected chi connectivity index (χ2v) is 7.87. The molecule has 1 aromatic heterocycles. The number of halogens is 3. The molecular formula is C21H23F3N4O. The lowest BCUT2D eigenvalue weighted by atomic mass is 9.73. The SMILES string of the molecule is CO[C@@H]1CC(C)(C)[C@H](N(C)c2ccc(C#N)c(C(F)(F)F)c2)C=C1n1ccnc1. The van der Waals surface area contributed by atoms with Crippen molar-refractivity contribution in [3.8, 4) is 6.07 Å². The normalized spacial score (nSPS) is 21.4. The van der Waals surface area contributed by atoms with Gasteiger partial charge in [-0.1, -0.05) is 13.8 Å². The van der Waals surface area contributed by atoms with Gasteiger partial charge in [0.15, 0.2) is 0 Å². The highest BCUT2D eigenvalue weighted by Gasteiger charge is 2.41. The molecule has 1 aliphatic rings. The van der Waals surface area contributed by atoms with Gasteiger partial charge in [-0.2, -0.15) is 18.4 Å². The Labute approximate surface area is 168 Å². The molecule has 3 rings (SSSR count). The van der Waals surface area contributed by atoms with Crippen LogP contribution in [0.1, 0.15) is 31.4 Å². The highest BCUT2D eigenvalue weighted by Crippen LogP contribution is 2.42. The number of aromatic nitrogens is 2. The zero-order valence-corrected chi connectivity index (χ0v) is 16.7. The topological polar surface area (TPSA) is 54.1 Å². The van der Waals surface area contributed by atoms with Crippen LogP contribution in [0.5, 0.6) is 0 Å². The van der Waals surface area contributed by atoms with Crippen LogP contribution in [0.4, 0.5) is 18.9 Å².